The second kappa shape index (κ2) is 3.19. The molecule has 0 amide bonds. The number of aromatic carboxylic acids is 1. The Morgan fingerprint density at radius 1 is 1.64 bits per heavy atom. The van der Waals surface area contributed by atoms with Crippen LogP contribution in [0.3, 0.4) is 0 Å². The number of nitrogens with zero attached hydrogens (tertiary/aromatic N) is 1. The van der Waals surface area contributed by atoms with Gasteiger partial charge in [-0.1, -0.05) is 11.6 Å². The first-order valence-electron chi connectivity index (χ1n) is 2.65. The van der Waals surface area contributed by atoms with Gasteiger partial charge in [0.25, 0.3) is 0 Å². The normalized spacial score (nSPS) is 9.64. The molecule has 1 aromatic rings. The zero-order chi connectivity index (χ0) is 8.43. The van der Waals surface area contributed by atoms with Gasteiger partial charge in [-0.3, -0.25) is 4.98 Å². The number of aromatic nitrogens is 1. The van der Waals surface area contributed by atoms with Gasteiger partial charge < -0.3 is 5.11 Å². The van der Waals surface area contributed by atoms with Crippen molar-refractivity contribution < 1.29 is 9.90 Å². The standard InChI is InChI=1S/C6H3BrClNO2/c7-4-2-9-1-3(5(4)8)6(10)11/h1-2H,(H,10,11). The molecular formula is C6H3BrClNO2. The van der Waals surface area contributed by atoms with Crippen molar-refractivity contribution in [2.45, 2.75) is 0 Å². The van der Waals surface area contributed by atoms with E-state index in [1.54, 1.807) is 0 Å². The SMILES string of the molecule is O=C(O)c1cncc(Br)c1Cl. The van der Waals surface area contributed by atoms with Crippen LogP contribution in [0.1, 0.15) is 10.4 Å². The Hall–Kier alpha value is -0.610. The van der Waals surface area contributed by atoms with E-state index in [2.05, 4.69) is 20.9 Å². The maximum atomic E-state index is 10.4. The third-order valence-corrected chi connectivity index (χ3v) is 2.30. The lowest BCUT2D eigenvalue weighted by atomic mass is 10.3. The summed E-state index contributed by atoms with van der Waals surface area (Å²) in [4.78, 5) is 14.1. The molecule has 0 spiro atoms. The van der Waals surface area contributed by atoms with Gasteiger partial charge in [0.2, 0.25) is 0 Å². The van der Waals surface area contributed by atoms with Gasteiger partial charge in [-0.2, -0.15) is 0 Å². The molecule has 0 unspecified atom stereocenters. The first-order valence-corrected chi connectivity index (χ1v) is 3.82. The van der Waals surface area contributed by atoms with Crippen molar-refractivity contribution >= 4 is 33.5 Å². The monoisotopic (exact) mass is 235 g/mol. The van der Waals surface area contributed by atoms with Crippen LogP contribution < -0.4 is 0 Å². The second-order valence-corrected chi connectivity index (χ2v) is 3.02. The van der Waals surface area contributed by atoms with Crippen LogP contribution in [-0.2, 0) is 0 Å². The molecule has 0 radical (unpaired) electrons. The van der Waals surface area contributed by atoms with Crippen LogP contribution in [0.25, 0.3) is 0 Å². The van der Waals surface area contributed by atoms with Crippen LogP contribution in [0, 0.1) is 0 Å². The summed E-state index contributed by atoms with van der Waals surface area (Å²) in [6.07, 6.45) is 2.64. The largest absolute Gasteiger partial charge is 0.478 e. The Morgan fingerprint density at radius 3 is 2.73 bits per heavy atom. The summed E-state index contributed by atoms with van der Waals surface area (Å²) in [5.74, 6) is -1.08. The molecule has 5 heteroatoms. The minimum Gasteiger partial charge on any atom is -0.478 e. The molecule has 0 aromatic carbocycles. The number of halogens is 2. The molecule has 0 saturated heterocycles. The number of carboxylic acids is 1. The van der Waals surface area contributed by atoms with E-state index < -0.39 is 5.97 Å². The fourth-order valence-corrected chi connectivity index (χ4v) is 1.08. The maximum absolute atomic E-state index is 10.4. The number of rotatable bonds is 1. The Labute approximate surface area is 76.1 Å². The molecule has 0 aliphatic carbocycles. The summed E-state index contributed by atoms with van der Waals surface area (Å²) in [5, 5.41) is 8.72. The molecule has 58 valence electrons. The van der Waals surface area contributed by atoms with Crippen molar-refractivity contribution in [1.29, 1.82) is 0 Å². The van der Waals surface area contributed by atoms with Crippen LogP contribution >= 0.6 is 27.5 Å². The van der Waals surface area contributed by atoms with E-state index in [4.69, 9.17) is 16.7 Å². The minimum absolute atomic E-state index is 0.000965. The van der Waals surface area contributed by atoms with E-state index in [9.17, 15) is 4.79 Å². The molecule has 0 saturated carbocycles. The number of carboxylic acid groups (broad SMARTS) is 1. The summed E-state index contributed by atoms with van der Waals surface area (Å²) in [5.41, 5.74) is 0.000965. The maximum Gasteiger partial charge on any atom is 0.338 e. The van der Waals surface area contributed by atoms with Crippen LogP contribution in [0.5, 0.6) is 0 Å². The van der Waals surface area contributed by atoms with Gasteiger partial charge in [-0.05, 0) is 15.9 Å². The Bertz CT molecular complexity index is 303. The van der Waals surface area contributed by atoms with Gasteiger partial charge in [0.1, 0.15) is 0 Å². The fraction of sp³-hybridized carbons (Fsp3) is 0. The van der Waals surface area contributed by atoms with Crippen LogP contribution in [-0.4, -0.2) is 16.1 Å². The molecule has 11 heavy (non-hydrogen) atoms. The first-order chi connectivity index (χ1) is 5.13. The summed E-state index contributed by atoms with van der Waals surface area (Å²) in [7, 11) is 0. The highest BCUT2D eigenvalue weighted by atomic mass is 79.9. The van der Waals surface area contributed by atoms with E-state index >= 15 is 0 Å². The quantitative estimate of drug-likeness (QED) is 0.813. The average molecular weight is 236 g/mol. The fourth-order valence-electron chi connectivity index (χ4n) is 0.568. The number of hydrogen-bond donors (Lipinski definition) is 1. The lowest BCUT2D eigenvalue weighted by Gasteiger charge is -1.97. The van der Waals surface area contributed by atoms with Crippen molar-refractivity contribution in [3.05, 3.63) is 27.5 Å². The number of hydrogen-bond acceptors (Lipinski definition) is 2. The van der Waals surface area contributed by atoms with Gasteiger partial charge in [-0.15, -0.1) is 0 Å². The van der Waals surface area contributed by atoms with E-state index in [1.807, 2.05) is 0 Å². The molecule has 1 N–H and O–H groups in total. The molecule has 1 aromatic heterocycles. The van der Waals surface area contributed by atoms with Gasteiger partial charge in [0.05, 0.1) is 15.1 Å². The predicted octanol–water partition coefficient (Wildman–Crippen LogP) is 2.20. The van der Waals surface area contributed by atoms with Crippen molar-refractivity contribution in [1.82, 2.24) is 4.98 Å². The van der Waals surface area contributed by atoms with E-state index in [0.29, 0.717) is 4.47 Å². The highest BCUT2D eigenvalue weighted by Crippen LogP contribution is 2.24. The molecule has 0 aliphatic heterocycles. The van der Waals surface area contributed by atoms with E-state index in [1.165, 1.54) is 12.4 Å². The van der Waals surface area contributed by atoms with Gasteiger partial charge in [0.15, 0.2) is 0 Å². The minimum atomic E-state index is -1.08. The molecule has 0 bridgehead atoms. The highest BCUT2D eigenvalue weighted by Gasteiger charge is 2.10. The third kappa shape index (κ3) is 1.70. The lowest BCUT2D eigenvalue weighted by Crippen LogP contribution is -1.98. The molecule has 3 nitrogen and oxygen atoms in total. The topological polar surface area (TPSA) is 50.2 Å². The zero-order valence-corrected chi connectivity index (χ0v) is 7.56. The predicted molar refractivity (Wildman–Crippen MR) is 43.9 cm³/mol. The Morgan fingerprint density at radius 2 is 2.27 bits per heavy atom. The Balaban J connectivity index is 3.27. The van der Waals surface area contributed by atoms with Gasteiger partial charge in [0, 0.05) is 12.4 Å². The van der Waals surface area contributed by atoms with Crippen LogP contribution in [0.4, 0.5) is 0 Å². The van der Waals surface area contributed by atoms with Crippen molar-refractivity contribution in [2.75, 3.05) is 0 Å². The molecule has 1 heterocycles. The summed E-state index contributed by atoms with van der Waals surface area (Å²) in [6.45, 7) is 0. The summed E-state index contributed by atoms with van der Waals surface area (Å²) < 4.78 is 0.485. The molecule has 0 atom stereocenters. The molecule has 0 fully saturated rings. The summed E-state index contributed by atoms with van der Waals surface area (Å²) in [6, 6.07) is 0. The van der Waals surface area contributed by atoms with Gasteiger partial charge >= 0.3 is 5.97 Å². The van der Waals surface area contributed by atoms with Crippen molar-refractivity contribution in [3.63, 3.8) is 0 Å². The van der Waals surface area contributed by atoms with Gasteiger partial charge in [-0.25, -0.2) is 4.79 Å². The zero-order valence-electron chi connectivity index (χ0n) is 5.21. The summed E-state index contributed by atoms with van der Waals surface area (Å²) >= 11 is 8.68. The number of pyridine rings is 1. The Kier molecular flexibility index (Phi) is 2.46. The molecule has 1 rings (SSSR count). The highest BCUT2D eigenvalue weighted by molar-refractivity contribution is 9.10. The van der Waals surface area contributed by atoms with Crippen LogP contribution in [0.2, 0.25) is 5.02 Å². The van der Waals surface area contributed by atoms with E-state index in [-0.39, 0.29) is 10.6 Å². The smallest absolute Gasteiger partial charge is 0.338 e. The lowest BCUT2D eigenvalue weighted by molar-refractivity contribution is 0.0696. The van der Waals surface area contributed by atoms with E-state index in [0.717, 1.165) is 0 Å². The first kappa shape index (κ1) is 8.49. The molecule has 0 aliphatic rings. The van der Waals surface area contributed by atoms with Crippen molar-refractivity contribution in [2.24, 2.45) is 0 Å². The number of carbonyl (C=O) groups is 1. The van der Waals surface area contributed by atoms with Crippen molar-refractivity contribution in [3.8, 4) is 0 Å². The molecular weight excluding hydrogens is 233 g/mol. The van der Waals surface area contributed by atoms with Crippen LogP contribution in [0.15, 0.2) is 16.9 Å². The third-order valence-electron chi connectivity index (χ3n) is 1.07. The average Bonchev–Trinajstić information content (AvgIpc) is 1.94. The second-order valence-electron chi connectivity index (χ2n) is 1.79.